The minimum Gasteiger partial charge on any atom is -0.395 e. The average molecular weight is 264 g/mol. The number of rotatable bonds is 5. The highest BCUT2D eigenvalue weighted by Crippen LogP contribution is 2.12. The summed E-state index contributed by atoms with van der Waals surface area (Å²) in [5.74, 6) is -0.288. The molecule has 0 aliphatic carbocycles. The van der Waals surface area contributed by atoms with E-state index in [9.17, 15) is 4.39 Å². The molecule has 0 saturated heterocycles. The molecule has 5 nitrogen and oxygen atoms in total. The lowest BCUT2D eigenvalue weighted by Gasteiger charge is -2.11. The summed E-state index contributed by atoms with van der Waals surface area (Å²) in [4.78, 5) is 1.94. The smallest absolute Gasteiger partial charge is 0.125 e. The van der Waals surface area contributed by atoms with Crippen molar-refractivity contribution < 1.29 is 9.50 Å². The largest absolute Gasteiger partial charge is 0.395 e. The van der Waals surface area contributed by atoms with Crippen LogP contribution in [0.15, 0.2) is 24.4 Å². The molecule has 0 unspecified atom stereocenters. The van der Waals surface area contributed by atoms with Crippen molar-refractivity contribution in [3.8, 4) is 5.69 Å². The van der Waals surface area contributed by atoms with E-state index in [1.807, 2.05) is 24.9 Å². The first-order valence-electron chi connectivity index (χ1n) is 6.06. The predicted octanol–water partition coefficient (Wildman–Crippen LogP) is 1.14. The van der Waals surface area contributed by atoms with Gasteiger partial charge in [-0.3, -0.25) is 4.90 Å². The van der Waals surface area contributed by atoms with E-state index in [-0.39, 0.29) is 12.4 Å². The van der Waals surface area contributed by atoms with Crippen LogP contribution in [0.4, 0.5) is 4.39 Å². The van der Waals surface area contributed by atoms with Crippen LogP contribution in [0.1, 0.15) is 11.3 Å². The Balaban J connectivity index is 2.16. The standard InChI is InChI=1S/C13H17FN4O/c1-10-5-11(14)7-13(6-10)18-9-12(15-16-18)8-17(2)3-4-19/h5-7,9,19H,3-4,8H2,1-2H3. The summed E-state index contributed by atoms with van der Waals surface area (Å²) in [6, 6.07) is 4.73. The van der Waals surface area contributed by atoms with E-state index in [0.29, 0.717) is 18.8 Å². The molecule has 6 heteroatoms. The number of aliphatic hydroxyl groups excluding tert-OH is 1. The van der Waals surface area contributed by atoms with Crippen LogP contribution in [0, 0.1) is 12.7 Å². The van der Waals surface area contributed by atoms with E-state index in [1.165, 1.54) is 12.1 Å². The molecule has 0 atom stereocenters. The Bertz CT molecular complexity index is 535. The monoisotopic (exact) mass is 264 g/mol. The number of aromatic nitrogens is 3. The first kappa shape index (κ1) is 13.6. The minimum atomic E-state index is -0.288. The van der Waals surface area contributed by atoms with Gasteiger partial charge in [-0.1, -0.05) is 5.21 Å². The van der Waals surface area contributed by atoms with E-state index < -0.39 is 0 Å². The van der Waals surface area contributed by atoms with Gasteiger partial charge in [-0.2, -0.15) is 0 Å². The van der Waals surface area contributed by atoms with Crippen molar-refractivity contribution in [2.24, 2.45) is 0 Å². The highest BCUT2D eigenvalue weighted by Gasteiger charge is 2.07. The molecule has 0 aliphatic rings. The fourth-order valence-electron chi connectivity index (χ4n) is 1.87. The molecule has 0 bridgehead atoms. The summed E-state index contributed by atoms with van der Waals surface area (Å²) >= 11 is 0. The van der Waals surface area contributed by atoms with Gasteiger partial charge in [0.05, 0.1) is 24.2 Å². The van der Waals surface area contributed by atoms with Gasteiger partial charge < -0.3 is 5.11 Å². The van der Waals surface area contributed by atoms with Crippen LogP contribution in [0.5, 0.6) is 0 Å². The summed E-state index contributed by atoms with van der Waals surface area (Å²) in [6.07, 6.45) is 1.77. The van der Waals surface area contributed by atoms with Gasteiger partial charge in [0.25, 0.3) is 0 Å². The highest BCUT2D eigenvalue weighted by molar-refractivity contribution is 5.35. The predicted molar refractivity (Wildman–Crippen MR) is 69.5 cm³/mol. The number of likely N-dealkylation sites (N-methyl/N-ethyl adjacent to an activating group) is 1. The zero-order valence-corrected chi connectivity index (χ0v) is 11.0. The Kier molecular flexibility index (Phi) is 4.24. The van der Waals surface area contributed by atoms with E-state index in [1.54, 1.807) is 10.9 Å². The number of hydrogen-bond donors (Lipinski definition) is 1. The Morgan fingerprint density at radius 3 is 2.84 bits per heavy atom. The van der Waals surface area contributed by atoms with Gasteiger partial charge in [0, 0.05) is 13.1 Å². The van der Waals surface area contributed by atoms with Crippen molar-refractivity contribution in [1.82, 2.24) is 19.9 Å². The molecule has 0 fully saturated rings. The summed E-state index contributed by atoms with van der Waals surface area (Å²) in [6.45, 7) is 3.11. The molecule has 0 saturated carbocycles. The lowest BCUT2D eigenvalue weighted by atomic mass is 10.2. The molecule has 2 rings (SSSR count). The third kappa shape index (κ3) is 3.59. The first-order valence-corrected chi connectivity index (χ1v) is 6.06. The zero-order valence-electron chi connectivity index (χ0n) is 11.0. The second kappa shape index (κ2) is 5.90. The molecule has 1 aromatic heterocycles. The molecule has 0 spiro atoms. The molecule has 19 heavy (non-hydrogen) atoms. The lowest BCUT2D eigenvalue weighted by Crippen LogP contribution is -2.21. The van der Waals surface area contributed by atoms with E-state index in [2.05, 4.69) is 10.3 Å². The van der Waals surface area contributed by atoms with Crippen LogP contribution in [-0.4, -0.2) is 45.2 Å². The Morgan fingerprint density at radius 2 is 2.16 bits per heavy atom. The van der Waals surface area contributed by atoms with Crippen LogP contribution in [0.3, 0.4) is 0 Å². The molecule has 0 aliphatic heterocycles. The molecule has 0 amide bonds. The van der Waals surface area contributed by atoms with Crippen molar-refractivity contribution in [1.29, 1.82) is 0 Å². The number of hydrogen-bond acceptors (Lipinski definition) is 4. The number of benzene rings is 1. The van der Waals surface area contributed by atoms with Crippen molar-refractivity contribution in [2.75, 3.05) is 20.2 Å². The maximum atomic E-state index is 13.3. The molecule has 1 N–H and O–H groups in total. The molecule has 102 valence electrons. The number of halogens is 1. The van der Waals surface area contributed by atoms with Crippen LogP contribution < -0.4 is 0 Å². The summed E-state index contributed by atoms with van der Waals surface area (Å²) in [5.41, 5.74) is 2.27. The summed E-state index contributed by atoms with van der Waals surface area (Å²) in [7, 11) is 1.89. The SMILES string of the molecule is Cc1cc(F)cc(-n2cc(CN(C)CCO)nn2)c1. The van der Waals surface area contributed by atoms with Crippen LogP contribution in [-0.2, 0) is 6.54 Å². The van der Waals surface area contributed by atoms with Crippen molar-refractivity contribution in [3.05, 3.63) is 41.5 Å². The van der Waals surface area contributed by atoms with E-state index >= 15 is 0 Å². The van der Waals surface area contributed by atoms with E-state index in [4.69, 9.17) is 5.11 Å². The minimum absolute atomic E-state index is 0.105. The molecular formula is C13H17FN4O. The number of nitrogens with zero attached hydrogens (tertiary/aromatic N) is 4. The van der Waals surface area contributed by atoms with Gasteiger partial charge in [0.15, 0.2) is 0 Å². The van der Waals surface area contributed by atoms with Gasteiger partial charge in [-0.15, -0.1) is 5.10 Å². The number of aryl methyl sites for hydroxylation is 1. The fraction of sp³-hybridized carbons (Fsp3) is 0.385. The Morgan fingerprint density at radius 1 is 1.37 bits per heavy atom. The average Bonchev–Trinajstić information content (AvgIpc) is 2.76. The topological polar surface area (TPSA) is 54.2 Å². The second-order valence-corrected chi connectivity index (χ2v) is 4.60. The second-order valence-electron chi connectivity index (χ2n) is 4.60. The maximum Gasteiger partial charge on any atom is 0.125 e. The molecule has 0 radical (unpaired) electrons. The van der Waals surface area contributed by atoms with Crippen LogP contribution in [0.2, 0.25) is 0 Å². The molecule has 1 heterocycles. The van der Waals surface area contributed by atoms with Gasteiger partial charge in [-0.25, -0.2) is 9.07 Å². The Hall–Kier alpha value is -1.79. The third-order valence-electron chi connectivity index (χ3n) is 2.75. The third-order valence-corrected chi connectivity index (χ3v) is 2.75. The molecular weight excluding hydrogens is 247 g/mol. The van der Waals surface area contributed by atoms with Crippen LogP contribution >= 0.6 is 0 Å². The van der Waals surface area contributed by atoms with Gasteiger partial charge >= 0.3 is 0 Å². The summed E-state index contributed by atoms with van der Waals surface area (Å²) < 4.78 is 14.9. The maximum absolute atomic E-state index is 13.3. The Labute approximate surface area is 111 Å². The van der Waals surface area contributed by atoms with Crippen molar-refractivity contribution in [2.45, 2.75) is 13.5 Å². The fourth-order valence-corrected chi connectivity index (χ4v) is 1.87. The highest BCUT2D eigenvalue weighted by atomic mass is 19.1. The normalized spacial score (nSPS) is 11.2. The van der Waals surface area contributed by atoms with Gasteiger partial charge in [0.1, 0.15) is 5.82 Å². The van der Waals surface area contributed by atoms with Gasteiger partial charge in [-0.05, 0) is 37.7 Å². The van der Waals surface area contributed by atoms with Gasteiger partial charge in [0.2, 0.25) is 0 Å². The first-order chi connectivity index (χ1) is 9.08. The van der Waals surface area contributed by atoms with E-state index in [0.717, 1.165) is 11.3 Å². The molecule has 2 aromatic rings. The number of aliphatic hydroxyl groups is 1. The molecule has 1 aromatic carbocycles. The van der Waals surface area contributed by atoms with Crippen molar-refractivity contribution >= 4 is 0 Å². The summed E-state index contributed by atoms with van der Waals surface area (Å²) in [5, 5.41) is 16.9. The quantitative estimate of drug-likeness (QED) is 0.880. The zero-order chi connectivity index (χ0) is 13.8. The van der Waals surface area contributed by atoms with Crippen molar-refractivity contribution in [3.63, 3.8) is 0 Å². The van der Waals surface area contributed by atoms with Crippen LogP contribution in [0.25, 0.3) is 5.69 Å². The lowest BCUT2D eigenvalue weighted by molar-refractivity contribution is 0.216.